The number of para-hydroxylation sites is 2. The first kappa shape index (κ1) is 33.2. The molecule has 2 nitrogen and oxygen atoms in total. The maximum Gasteiger partial charge on any atom is 0.0561 e. The molecule has 0 saturated carbocycles. The number of aromatic nitrogens is 1. The van der Waals surface area contributed by atoms with Gasteiger partial charge >= 0.3 is 0 Å². The zero-order valence-corrected chi connectivity index (χ0v) is 30.8. The molecule has 0 aliphatic rings. The summed E-state index contributed by atoms with van der Waals surface area (Å²) in [4.78, 5) is 2.41. The predicted molar refractivity (Wildman–Crippen MR) is 237 cm³/mol. The Morgan fingerprint density at radius 2 is 0.768 bits per heavy atom. The molecule has 1 heterocycles. The Bertz CT molecular complexity index is 2930. The van der Waals surface area contributed by atoms with Crippen LogP contribution in [0.1, 0.15) is 0 Å². The minimum Gasteiger partial charge on any atom is -0.310 e. The number of benzene rings is 9. The molecule has 0 spiro atoms. The van der Waals surface area contributed by atoms with Gasteiger partial charge in [0.2, 0.25) is 0 Å². The monoisotopic (exact) mass is 714 g/mol. The third-order valence-electron chi connectivity index (χ3n) is 10.8. The van der Waals surface area contributed by atoms with E-state index in [1.165, 1.54) is 60.8 Å². The molecule has 10 aromatic rings. The van der Waals surface area contributed by atoms with Gasteiger partial charge in [0.25, 0.3) is 0 Å². The molecule has 0 aliphatic carbocycles. The molecule has 9 aromatic carbocycles. The summed E-state index contributed by atoms with van der Waals surface area (Å²) in [6.45, 7) is 0. The Hall–Kier alpha value is -7.42. The third kappa shape index (κ3) is 6.14. The molecular formula is C54H38N2. The van der Waals surface area contributed by atoms with Gasteiger partial charge in [0.15, 0.2) is 0 Å². The zero-order chi connectivity index (χ0) is 37.3. The average Bonchev–Trinajstić information content (AvgIpc) is 3.62. The Morgan fingerprint density at radius 1 is 0.286 bits per heavy atom. The second-order valence-corrected chi connectivity index (χ2v) is 14.2. The van der Waals surface area contributed by atoms with Crippen LogP contribution in [0.4, 0.5) is 17.1 Å². The van der Waals surface area contributed by atoms with E-state index in [9.17, 15) is 0 Å². The Morgan fingerprint density at radius 3 is 1.45 bits per heavy atom. The number of hydrogen-bond acceptors (Lipinski definition) is 1. The lowest BCUT2D eigenvalue weighted by Gasteiger charge is -2.28. The summed E-state index contributed by atoms with van der Waals surface area (Å²) in [6.07, 6.45) is 0. The lowest BCUT2D eigenvalue weighted by molar-refractivity contribution is 1.18. The Balaban J connectivity index is 1.13. The second-order valence-electron chi connectivity index (χ2n) is 14.2. The minimum absolute atomic E-state index is 1.09. The molecule has 0 aliphatic heterocycles. The highest BCUT2D eigenvalue weighted by Gasteiger charge is 2.20. The Labute approximate surface area is 327 Å². The minimum atomic E-state index is 1.09. The van der Waals surface area contributed by atoms with Gasteiger partial charge in [-0.1, -0.05) is 182 Å². The molecule has 0 fully saturated rings. The van der Waals surface area contributed by atoms with Crippen LogP contribution in [0.5, 0.6) is 0 Å². The van der Waals surface area contributed by atoms with E-state index in [0.717, 1.165) is 28.3 Å². The van der Waals surface area contributed by atoms with Crippen LogP contribution in [0.2, 0.25) is 0 Å². The smallest absolute Gasteiger partial charge is 0.0561 e. The molecule has 10 rings (SSSR count). The van der Waals surface area contributed by atoms with Gasteiger partial charge in [-0.2, -0.15) is 0 Å². The van der Waals surface area contributed by atoms with Gasteiger partial charge in [-0.15, -0.1) is 0 Å². The van der Waals surface area contributed by atoms with Crippen molar-refractivity contribution in [1.29, 1.82) is 0 Å². The maximum atomic E-state index is 2.42. The number of hydrogen-bond donors (Lipinski definition) is 0. The lowest BCUT2D eigenvalue weighted by atomic mass is 9.99. The van der Waals surface area contributed by atoms with Crippen molar-refractivity contribution in [2.75, 3.05) is 4.90 Å². The van der Waals surface area contributed by atoms with E-state index in [-0.39, 0.29) is 0 Å². The van der Waals surface area contributed by atoms with E-state index in [0.29, 0.717) is 0 Å². The van der Waals surface area contributed by atoms with E-state index >= 15 is 0 Å². The molecule has 0 N–H and O–H groups in total. The van der Waals surface area contributed by atoms with Gasteiger partial charge in [0.1, 0.15) is 0 Å². The van der Waals surface area contributed by atoms with Gasteiger partial charge in [-0.3, -0.25) is 0 Å². The zero-order valence-electron chi connectivity index (χ0n) is 30.8. The summed E-state index contributed by atoms with van der Waals surface area (Å²) in [6, 6.07) is 83.1. The molecule has 1 aromatic heterocycles. The summed E-state index contributed by atoms with van der Waals surface area (Å²) in [5.41, 5.74) is 16.3. The summed E-state index contributed by atoms with van der Waals surface area (Å²) in [7, 11) is 0. The van der Waals surface area contributed by atoms with Crippen LogP contribution in [0.15, 0.2) is 231 Å². The highest BCUT2D eigenvalue weighted by molar-refractivity contribution is 6.10. The normalized spacial score (nSPS) is 11.2. The van der Waals surface area contributed by atoms with Crippen molar-refractivity contribution in [2.24, 2.45) is 0 Å². The first-order valence-electron chi connectivity index (χ1n) is 19.2. The van der Waals surface area contributed by atoms with Crippen molar-refractivity contribution >= 4 is 38.9 Å². The van der Waals surface area contributed by atoms with Crippen LogP contribution in [-0.2, 0) is 0 Å². The van der Waals surface area contributed by atoms with Gasteiger partial charge in [0, 0.05) is 33.4 Å². The number of nitrogens with zero attached hydrogens (tertiary/aromatic N) is 2. The fraction of sp³-hybridized carbons (Fsp3) is 0. The molecule has 0 amide bonds. The molecule has 2 heteroatoms. The van der Waals surface area contributed by atoms with Crippen LogP contribution < -0.4 is 4.90 Å². The predicted octanol–water partition coefficient (Wildman–Crippen LogP) is 14.9. The Kier molecular flexibility index (Phi) is 8.55. The standard InChI is InChI=1S/C54H38N2/c1-4-15-39(16-5-1)41-27-29-42(30-28-41)43-31-33-46(34-32-43)55(52-25-12-10-23-49(52)44-19-8-3-9-20-44)48-35-36-51-50-24-11-13-26-53(50)56(54(51)38-48)47-22-14-21-45(37-47)40-17-6-2-7-18-40/h1-38H. The largest absolute Gasteiger partial charge is 0.310 e. The van der Waals surface area contributed by atoms with Crippen molar-refractivity contribution in [3.63, 3.8) is 0 Å². The van der Waals surface area contributed by atoms with Crippen molar-refractivity contribution in [1.82, 2.24) is 4.57 Å². The fourth-order valence-electron chi connectivity index (χ4n) is 8.08. The molecule has 264 valence electrons. The second kappa shape index (κ2) is 14.4. The van der Waals surface area contributed by atoms with Crippen molar-refractivity contribution in [3.8, 4) is 50.2 Å². The van der Waals surface area contributed by atoms with Gasteiger partial charge in [0.05, 0.1) is 16.7 Å². The van der Waals surface area contributed by atoms with Crippen LogP contribution in [-0.4, -0.2) is 4.57 Å². The fourth-order valence-corrected chi connectivity index (χ4v) is 8.08. The highest BCUT2D eigenvalue weighted by atomic mass is 15.1. The van der Waals surface area contributed by atoms with Crippen molar-refractivity contribution < 1.29 is 0 Å². The molecular weight excluding hydrogens is 677 g/mol. The number of fused-ring (bicyclic) bond motifs is 3. The van der Waals surface area contributed by atoms with E-state index < -0.39 is 0 Å². The highest BCUT2D eigenvalue weighted by Crippen LogP contribution is 2.44. The quantitative estimate of drug-likeness (QED) is 0.152. The van der Waals surface area contributed by atoms with Crippen molar-refractivity contribution in [2.45, 2.75) is 0 Å². The lowest BCUT2D eigenvalue weighted by Crippen LogP contribution is -2.11. The van der Waals surface area contributed by atoms with Gasteiger partial charge < -0.3 is 9.47 Å². The van der Waals surface area contributed by atoms with Crippen LogP contribution >= 0.6 is 0 Å². The number of rotatable bonds is 8. The van der Waals surface area contributed by atoms with Crippen molar-refractivity contribution in [3.05, 3.63) is 231 Å². The SMILES string of the molecule is c1ccc(-c2ccc(-c3ccc(N(c4ccc5c6ccccc6n(-c6cccc(-c7ccccc7)c6)c5c4)c4ccccc4-c4ccccc4)cc3)cc2)cc1. The van der Waals surface area contributed by atoms with Gasteiger partial charge in [-0.05, 0) is 87.5 Å². The van der Waals surface area contributed by atoms with Crippen LogP contribution in [0, 0.1) is 0 Å². The molecule has 0 unspecified atom stereocenters. The number of anilines is 3. The molecule has 0 bridgehead atoms. The summed E-state index contributed by atoms with van der Waals surface area (Å²) in [5.74, 6) is 0. The molecule has 56 heavy (non-hydrogen) atoms. The first-order chi connectivity index (χ1) is 27.8. The third-order valence-corrected chi connectivity index (χ3v) is 10.8. The van der Waals surface area contributed by atoms with E-state index in [1.807, 2.05) is 0 Å². The molecule has 0 atom stereocenters. The van der Waals surface area contributed by atoms with E-state index in [4.69, 9.17) is 0 Å². The first-order valence-corrected chi connectivity index (χ1v) is 19.2. The molecule has 0 saturated heterocycles. The van der Waals surface area contributed by atoms with Crippen LogP contribution in [0.3, 0.4) is 0 Å². The summed E-state index contributed by atoms with van der Waals surface area (Å²) >= 11 is 0. The summed E-state index contributed by atoms with van der Waals surface area (Å²) < 4.78 is 2.42. The van der Waals surface area contributed by atoms with Crippen LogP contribution in [0.25, 0.3) is 72.0 Å². The van der Waals surface area contributed by atoms with E-state index in [2.05, 4.69) is 240 Å². The van der Waals surface area contributed by atoms with E-state index in [1.54, 1.807) is 0 Å². The maximum absolute atomic E-state index is 2.42. The molecule has 0 radical (unpaired) electrons. The average molecular weight is 715 g/mol. The topological polar surface area (TPSA) is 8.17 Å². The summed E-state index contributed by atoms with van der Waals surface area (Å²) in [5, 5.41) is 2.46. The van der Waals surface area contributed by atoms with Gasteiger partial charge in [-0.25, -0.2) is 0 Å².